The predicted molar refractivity (Wildman–Crippen MR) is 102 cm³/mol. The van der Waals surface area contributed by atoms with Gasteiger partial charge in [0.15, 0.2) is 0 Å². The summed E-state index contributed by atoms with van der Waals surface area (Å²) in [6, 6.07) is 5.79. The number of likely N-dealkylation sites (tertiary alicyclic amines) is 1. The van der Waals surface area contributed by atoms with Gasteiger partial charge in [-0.05, 0) is 50.2 Å². The number of carbonyl (C=O) groups is 1. The van der Waals surface area contributed by atoms with Crippen LogP contribution < -0.4 is 14.8 Å². The third-order valence-corrected chi connectivity index (χ3v) is 5.71. The summed E-state index contributed by atoms with van der Waals surface area (Å²) in [5.41, 5.74) is 0.605. The topological polar surface area (TPSA) is 60.0 Å². The van der Waals surface area contributed by atoms with Crippen molar-refractivity contribution in [3.05, 3.63) is 23.8 Å². The highest BCUT2D eigenvalue weighted by molar-refractivity contribution is 5.97. The largest absolute Gasteiger partial charge is 0.497 e. The molecule has 1 aromatic rings. The summed E-state index contributed by atoms with van der Waals surface area (Å²) in [7, 11) is 1.63. The van der Waals surface area contributed by atoms with Crippen LogP contribution in [-0.4, -0.2) is 62.9 Å². The number of ether oxygens (including phenoxy) is 3. The molecule has 1 amide bonds. The molecule has 6 heteroatoms. The number of benzene rings is 1. The molecule has 2 heterocycles. The number of nitrogens with one attached hydrogen (secondary N) is 1. The zero-order valence-electron chi connectivity index (χ0n) is 16.1. The molecule has 0 spiro atoms. The molecule has 0 aromatic heterocycles. The monoisotopic (exact) mass is 374 g/mol. The van der Waals surface area contributed by atoms with Crippen molar-refractivity contribution >= 4 is 5.91 Å². The van der Waals surface area contributed by atoms with Crippen LogP contribution in [0.3, 0.4) is 0 Å². The highest BCUT2D eigenvalue weighted by Gasteiger charge is 2.28. The number of rotatable bonds is 7. The van der Waals surface area contributed by atoms with Crippen LogP contribution in [0, 0.1) is 5.92 Å². The van der Waals surface area contributed by atoms with Gasteiger partial charge in [0.2, 0.25) is 0 Å². The van der Waals surface area contributed by atoms with E-state index in [1.54, 1.807) is 13.2 Å². The normalized spacial score (nSPS) is 24.0. The van der Waals surface area contributed by atoms with Crippen molar-refractivity contribution < 1.29 is 19.0 Å². The van der Waals surface area contributed by atoms with E-state index in [1.807, 2.05) is 12.1 Å². The Morgan fingerprint density at radius 2 is 2.04 bits per heavy atom. The first kappa shape index (κ1) is 18.6. The molecule has 0 unspecified atom stereocenters. The summed E-state index contributed by atoms with van der Waals surface area (Å²) >= 11 is 0. The molecule has 0 bridgehead atoms. The van der Waals surface area contributed by atoms with E-state index in [2.05, 4.69) is 10.2 Å². The van der Waals surface area contributed by atoms with Crippen molar-refractivity contribution in [3.8, 4) is 11.5 Å². The lowest BCUT2D eigenvalue weighted by atomic mass is 10.0. The van der Waals surface area contributed by atoms with E-state index >= 15 is 0 Å². The van der Waals surface area contributed by atoms with Crippen molar-refractivity contribution in [2.75, 3.05) is 40.0 Å². The maximum Gasteiger partial charge on any atom is 0.255 e. The smallest absolute Gasteiger partial charge is 0.255 e. The summed E-state index contributed by atoms with van der Waals surface area (Å²) in [6.07, 6.45) is 5.43. The second kappa shape index (κ2) is 8.48. The fraction of sp³-hybridized carbons (Fsp3) is 0.667. The second-order valence-electron chi connectivity index (χ2n) is 7.96. The minimum absolute atomic E-state index is 0.0474. The summed E-state index contributed by atoms with van der Waals surface area (Å²) in [6.45, 7) is 5.01. The van der Waals surface area contributed by atoms with Gasteiger partial charge in [-0.2, -0.15) is 0 Å². The number of methoxy groups -OCH3 is 1. The van der Waals surface area contributed by atoms with E-state index < -0.39 is 0 Å². The molecule has 2 aliphatic heterocycles. The van der Waals surface area contributed by atoms with Gasteiger partial charge in [-0.1, -0.05) is 0 Å². The zero-order chi connectivity index (χ0) is 18.6. The molecule has 6 nitrogen and oxygen atoms in total. The Morgan fingerprint density at radius 3 is 2.70 bits per heavy atom. The summed E-state index contributed by atoms with van der Waals surface area (Å²) < 4.78 is 17.1. The van der Waals surface area contributed by atoms with Gasteiger partial charge in [0.05, 0.1) is 19.3 Å². The summed E-state index contributed by atoms with van der Waals surface area (Å²) in [4.78, 5) is 15.1. The lowest BCUT2D eigenvalue weighted by Gasteiger charge is -2.33. The third kappa shape index (κ3) is 4.93. The molecular weight excluding hydrogens is 344 g/mol. The van der Waals surface area contributed by atoms with E-state index in [4.69, 9.17) is 14.2 Å². The van der Waals surface area contributed by atoms with Crippen LogP contribution in [0.5, 0.6) is 11.5 Å². The molecule has 27 heavy (non-hydrogen) atoms. The number of hydrogen-bond donors (Lipinski definition) is 1. The standard InChI is InChI=1S/C21H30N2O4/c1-25-18-4-5-19(21(24)22-16-2-3-16)20(12-18)27-17-6-9-23(10-7-17)13-15-8-11-26-14-15/h4-5,12,15-17H,2-3,6-11,13-14H2,1H3,(H,22,24)/t15-/m0/s1. The van der Waals surface area contributed by atoms with Gasteiger partial charge in [-0.15, -0.1) is 0 Å². The van der Waals surface area contributed by atoms with Crippen molar-refractivity contribution in [2.45, 2.75) is 44.2 Å². The Kier molecular flexibility index (Phi) is 5.83. The SMILES string of the molecule is COc1ccc(C(=O)NC2CC2)c(OC2CCN(C[C@@H]3CCOC3)CC2)c1. The predicted octanol–water partition coefficient (Wildman–Crippen LogP) is 2.47. The Labute approximate surface area is 161 Å². The fourth-order valence-corrected chi connectivity index (χ4v) is 3.89. The first-order chi connectivity index (χ1) is 13.2. The Morgan fingerprint density at radius 1 is 1.22 bits per heavy atom. The average molecular weight is 374 g/mol. The highest BCUT2D eigenvalue weighted by atomic mass is 16.5. The summed E-state index contributed by atoms with van der Waals surface area (Å²) in [5.74, 6) is 1.98. The highest BCUT2D eigenvalue weighted by Crippen LogP contribution is 2.29. The van der Waals surface area contributed by atoms with E-state index in [-0.39, 0.29) is 12.0 Å². The molecule has 1 aliphatic carbocycles. The summed E-state index contributed by atoms with van der Waals surface area (Å²) in [5, 5.41) is 3.05. The van der Waals surface area contributed by atoms with E-state index in [1.165, 1.54) is 6.42 Å². The molecule has 4 rings (SSSR count). The molecular formula is C21H30N2O4. The first-order valence-corrected chi connectivity index (χ1v) is 10.2. The van der Waals surface area contributed by atoms with Gasteiger partial charge < -0.3 is 24.4 Å². The van der Waals surface area contributed by atoms with Gasteiger partial charge in [-0.25, -0.2) is 0 Å². The Hall–Kier alpha value is -1.79. The number of piperidine rings is 1. The molecule has 1 saturated carbocycles. The van der Waals surface area contributed by atoms with Gasteiger partial charge >= 0.3 is 0 Å². The van der Waals surface area contributed by atoms with Crippen LogP contribution in [-0.2, 0) is 4.74 Å². The van der Waals surface area contributed by atoms with Crippen LogP contribution in [0.4, 0.5) is 0 Å². The maximum absolute atomic E-state index is 12.6. The molecule has 1 atom stereocenters. The first-order valence-electron chi connectivity index (χ1n) is 10.2. The minimum Gasteiger partial charge on any atom is -0.497 e. The van der Waals surface area contributed by atoms with Crippen molar-refractivity contribution in [1.29, 1.82) is 0 Å². The van der Waals surface area contributed by atoms with Crippen molar-refractivity contribution in [3.63, 3.8) is 0 Å². The number of carbonyl (C=O) groups excluding carboxylic acids is 1. The average Bonchev–Trinajstić information content (AvgIpc) is 3.35. The Balaban J connectivity index is 1.35. The van der Waals surface area contributed by atoms with Crippen LogP contribution in [0.2, 0.25) is 0 Å². The molecule has 3 fully saturated rings. The Bertz CT molecular complexity index is 648. The van der Waals surface area contributed by atoms with Gasteiger partial charge in [0.25, 0.3) is 5.91 Å². The molecule has 2 saturated heterocycles. The van der Waals surface area contributed by atoms with Gasteiger partial charge in [0, 0.05) is 38.3 Å². The van der Waals surface area contributed by atoms with Crippen molar-refractivity contribution in [1.82, 2.24) is 10.2 Å². The van der Waals surface area contributed by atoms with Crippen LogP contribution in [0.1, 0.15) is 42.5 Å². The van der Waals surface area contributed by atoms with Crippen LogP contribution in [0.25, 0.3) is 0 Å². The molecule has 0 radical (unpaired) electrons. The molecule has 1 aromatic carbocycles. The number of nitrogens with zero attached hydrogens (tertiary/aromatic N) is 1. The van der Waals surface area contributed by atoms with Crippen LogP contribution in [0.15, 0.2) is 18.2 Å². The maximum atomic E-state index is 12.6. The fourth-order valence-electron chi connectivity index (χ4n) is 3.89. The number of hydrogen-bond acceptors (Lipinski definition) is 5. The molecule has 3 aliphatic rings. The van der Waals surface area contributed by atoms with Crippen molar-refractivity contribution in [2.24, 2.45) is 5.92 Å². The minimum atomic E-state index is -0.0474. The zero-order valence-corrected chi connectivity index (χ0v) is 16.1. The molecule has 1 N–H and O–H groups in total. The number of amides is 1. The van der Waals surface area contributed by atoms with Gasteiger partial charge in [0.1, 0.15) is 17.6 Å². The van der Waals surface area contributed by atoms with Crippen LogP contribution >= 0.6 is 0 Å². The second-order valence-corrected chi connectivity index (χ2v) is 7.96. The lowest BCUT2D eigenvalue weighted by Crippen LogP contribution is -2.41. The third-order valence-electron chi connectivity index (χ3n) is 5.71. The van der Waals surface area contributed by atoms with E-state index in [9.17, 15) is 4.79 Å². The van der Waals surface area contributed by atoms with E-state index in [0.717, 1.165) is 58.5 Å². The quantitative estimate of drug-likeness (QED) is 0.795. The van der Waals surface area contributed by atoms with E-state index in [0.29, 0.717) is 29.0 Å². The molecule has 148 valence electrons. The lowest BCUT2D eigenvalue weighted by molar-refractivity contribution is 0.0843. The van der Waals surface area contributed by atoms with Gasteiger partial charge in [-0.3, -0.25) is 4.79 Å².